The van der Waals surface area contributed by atoms with Crippen LogP contribution in [0.15, 0.2) is 43.0 Å². The topological polar surface area (TPSA) is 132 Å². The number of fused-ring (bicyclic) bond motifs is 1. The molecule has 0 aliphatic carbocycles. The zero-order valence-electron chi connectivity index (χ0n) is 15.7. The summed E-state index contributed by atoms with van der Waals surface area (Å²) in [5.74, 6) is -0.0620. The van der Waals surface area contributed by atoms with Crippen LogP contribution in [0.1, 0.15) is 23.5 Å². The van der Waals surface area contributed by atoms with Gasteiger partial charge in [-0.2, -0.15) is 0 Å². The first kappa shape index (κ1) is 19.4. The SMILES string of the molecule is CCO[C@H]1C(O)[C@@H](CO)O[C@H]1n1cnc2c(NC(=O)c3ccccc3)ncnc21. The van der Waals surface area contributed by atoms with Crippen LogP contribution in [0.25, 0.3) is 11.2 Å². The van der Waals surface area contributed by atoms with Gasteiger partial charge in [0.25, 0.3) is 5.91 Å². The molecule has 3 N–H and O–H groups in total. The molecule has 0 spiro atoms. The van der Waals surface area contributed by atoms with Gasteiger partial charge in [0.05, 0.1) is 12.9 Å². The van der Waals surface area contributed by atoms with Gasteiger partial charge in [-0.15, -0.1) is 0 Å². The quantitative estimate of drug-likeness (QED) is 0.553. The first-order valence-corrected chi connectivity index (χ1v) is 9.24. The fourth-order valence-electron chi connectivity index (χ4n) is 3.36. The number of anilines is 1. The summed E-state index contributed by atoms with van der Waals surface area (Å²) in [5.41, 5.74) is 1.27. The number of benzene rings is 1. The van der Waals surface area contributed by atoms with Crippen molar-refractivity contribution < 1.29 is 24.5 Å². The summed E-state index contributed by atoms with van der Waals surface area (Å²) in [6.07, 6.45) is -0.423. The zero-order valence-corrected chi connectivity index (χ0v) is 15.7. The van der Waals surface area contributed by atoms with Crippen molar-refractivity contribution in [2.75, 3.05) is 18.5 Å². The van der Waals surface area contributed by atoms with E-state index in [0.717, 1.165) is 0 Å². The highest BCUT2D eigenvalue weighted by atomic mass is 16.6. The Morgan fingerprint density at radius 1 is 1.28 bits per heavy atom. The van der Waals surface area contributed by atoms with Gasteiger partial charge in [-0.25, -0.2) is 15.0 Å². The van der Waals surface area contributed by atoms with Crippen LogP contribution in [0.4, 0.5) is 5.82 Å². The van der Waals surface area contributed by atoms with Gasteiger partial charge in [0, 0.05) is 12.2 Å². The van der Waals surface area contributed by atoms with E-state index >= 15 is 0 Å². The molecule has 1 aliphatic heterocycles. The zero-order chi connectivity index (χ0) is 20.4. The van der Waals surface area contributed by atoms with Crippen molar-refractivity contribution in [1.29, 1.82) is 0 Å². The van der Waals surface area contributed by atoms with Gasteiger partial charge in [-0.1, -0.05) is 18.2 Å². The normalized spacial score (nSPS) is 24.1. The number of carbonyl (C=O) groups is 1. The summed E-state index contributed by atoms with van der Waals surface area (Å²) in [6, 6.07) is 8.76. The minimum Gasteiger partial charge on any atom is -0.394 e. The van der Waals surface area contributed by atoms with Gasteiger partial charge in [-0.05, 0) is 19.1 Å². The van der Waals surface area contributed by atoms with E-state index in [-0.39, 0.29) is 18.3 Å². The van der Waals surface area contributed by atoms with Gasteiger partial charge in [-0.3, -0.25) is 9.36 Å². The molecule has 0 bridgehead atoms. The maximum atomic E-state index is 12.5. The first-order chi connectivity index (χ1) is 14.1. The molecule has 10 nitrogen and oxygen atoms in total. The summed E-state index contributed by atoms with van der Waals surface area (Å²) in [7, 11) is 0. The second-order valence-electron chi connectivity index (χ2n) is 6.52. The van der Waals surface area contributed by atoms with E-state index in [1.807, 2.05) is 13.0 Å². The van der Waals surface area contributed by atoms with Crippen molar-refractivity contribution in [2.24, 2.45) is 0 Å². The fraction of sp³-hybridized carbons (Fsp3) is 0.368. The number of aliphatic hydroxyl groups is 2. The van der Waals surface area contributed by atoms with E-state index in [9.17, 15) is 15.0 Å². The molecule has 1 aromatic carbocycles. The molecule has 3 heterocycles. The molecule has 1 fully saturated rings. The Morgan fingerprint density at radius 2 is 2.07 bits per heavy atom. The average Bonchev–Trinajstić information content (AvgIpc) is 3.31. The molecule has 152 valence electrons. The largest absolute Gasteiger partial charge is 0.394 e. The lowest BCUT2D eigenvalue weighted by Gasteiger charge is -2.21. The highest BCUT2D eigenvalue weighted by molar-refractivity contribution is 6.06. The maximum absolute atomic E-state index is 12.5. The summed E-state index contributed by atoms with van der Waals surface area (Å²) < 4.78 is 13.0. The Kier molecular flexibility index (Phi) is 5.49. The third-order valence-corrected chi connectivity index (χ3v) is 4.75. The van der Waals surface area contributed by atoms with Crippen molar-refractivity contribution in [2.45, 2.75) is 31.5 Å². The molecule has 1 amide bonds. The standard InChI is InChI=1S/C19H21N5O5/c1-2-28-15-14(26)12(8-25)29-19(15)24-10-22-13-16(20-9-21-17(13)24)23-18(27)11-6-4-3-5-7-11/h3-7,9-10,12,14-15,19,25-26H,2,8H2,1H3,(H,20,21,23,27)/t12-,14?,15+,19-/m1/s1. The number of imidazole rings is 1. The van der Waals surface area contributed by atoms with Crippen molar-refractivity contribution in [3.63, 3.8) is 0 Å². The highest BCUT2D eigenvalue weighted by Gasteiger charge is 2.45. The van der Waals surface area contributed by atoms with Crippen molar-refractivity contribution >= 4 is 22.9 Å². The Hall–Kier alpha value is -2.92. The number of hydrogen-bond acceptors (Lipinski definition) is 8. The van der Waals surface area contributed by atoms with Crippen LogP contribution in [-0.2, 0) is 9.47 Å². The number of carbonyl (C=O) groups excluding carboxylic acids is 1. The number of rotatable bonds is 6. The van der Waals surface area contributed by atoms with E-state index < -0.39 is 24.5 Å². The lowest BCUT2D eigenvalue weighted by molar-refractivity contribution is -0.0676. The third-order valence-electron chi connectivity index (χ3n) is 4.75. The van der Waals surface area contributed by atoms with Crippen molar-refractivity contribution in [1.82, 2.24) is 19.5 Å². The van der Waals surface area contributed by atoms with Crippen LogP contribution >= 0.6 is 0 Å². The lowest BCUT2D eigenvalue weighted by atomic mass is 10.1. The predicted molar refractivity (Wildman–Crippen MR) is 102 cm³/mol. The Labute approximate surface area is 166 Å². The molecule has 2 aromatic heterocycles. The van der Waals surface area contributed by atoms with Crippen LogP contribution in [0.3, 0.4) is 0 Å². The van der Waals surface area contributed by atoms with Crippen molar-refractivity contribution in [3.8, 4) is 0 Å². The number of aliphatic hydroxyl groups excluding tert-OH is 2. The van der Waals surface area contributed by atoms with Gasteiger partial charge < -0.3 is 25.0 Å². The number of nitrogens with one attached hydrogen (secondary N) is 1. The molecule has 3 aromatic rings. The Balaban J connectivity index is 1.66. The van der Waals surface area contributed by atoms with Gasteiger partial charge in [0.15, 0.2) is 23.2 Å². The lowest BCUT2D eigenvalue weighted by Crippen LogP contribution is -2.35. The van der Waals surface area contributed by atoms with Gasteiger partial charge in [0.2, 0.25) is 0 Å². The van der Waals surface area contributed by atoms with E-state index in [2.05, 4.69) is 20.3 Å². The number of aromatic nitrogens is 4. The summed E-state index contributed by atoms with van der Waals surface area (Å²) >= 11 is 0. The minimum absolute atomic E-state index is 0.257. The van der Waals surface area contributed by atoms with Gasteiger partial charge >= 0.3 is 0 Å². The monoisotopic (exact) mass is 399 g/mol. The Morgan fingerprint density at radius 3 is 2.79 bits per heavy atom. The van der Waals surface area contributed by atoms with E-state index in [1.165, 1.54) is 12.7 Å². The molecule has 1 unspecified atom stereocenters. The summed E-state index contributed by atoms with van der Waals surface area (Å²) in [5, 5.41) is 22.6. The summed E-state index contributed by atoms with van der Waals surface area (Å²) in [4.78, 5) is 25.2. The fourth-order valence-corrected chi connectivity index (χ4v) is 3.36. The molecule has 4 rings (SSSR count). The van der Waals surface area contributed by atoms with Crippen LogP contribution in [0.5, 0.6) is 0 Å². The average molecular weight is 399 g/mol. The minimum atomic E-state index is -0.999. The van der Waals surface area contributed by atoms with Crippen molar-refractivity contribution in [3.05, 3.63) is 48.5 Å². The number of hydrogen-bond donors (Lipinski definition) is 3. The van der Waals surface area contributed by atoms with Crippen LogP contribution in [0.2, 0.25) is 0 Å². The molecular formula is C19H21N5O5. The molecule has 1 aliphatic rings. The van der Waals surface area contributed by atoms with E-state index in [1.54, 1.807) is 28.8 Å². The molecule has 10 heteroatoms. The molecule has 0 radical (unpaired) electrons. The predicted octanol–water partition coefficient (Wildman–Crippen LogP) is 0.734. The first-order valence-electron chi connectivity index (χ1n) is 9.24. The molecule has 29 heavy (non-hydrogen) atoms. The number of amides is 1. The number of nitrogens with zero attached hydrogens (tertiary/aromatic N) is 4. The van der Waals surface area contributed by atoms with Crippen LogP contribution in [0, 0.1) is 0 Å². The molecule has 0 saturated carbocycles. The van der Waals surface area contributed by atoms with Crippen LogP contribution in [-0.4, -0.2) is 67.2 Å². The maximum Gasteiger partial charge on any atom is 0.256 e. The second-order valence-corrected chi connectivity index (χ2v) is 6.52. The smallest absolute Gasteiger partial charge is 0.256 e. The third kappa shape index (κ3) is 3.58. The van der Waals surface area contributed by atoms with E-state index in [0.29, 0.717) is 23.3 Å². The second kappa shape index (κ2) is 8.21. The number of ether oxygens (including phenoxy) is 2. The highest BCUT2D eigenvalue weighted by Crippen LogP contribution is 2.34. The van der Waals surface area contributed by atoms with Gasteiger partial charge in [0.1, 0.15) is 24.6 Å². The summed E-state index contributed by atoms with van der Waals surface area (Å²) in [6.45, 7) is 1.82. The Bertz CT molecular complexity index is 995. The molecule has 4 atom stereocenters. The molecule has 1 saturated heterocycles. The van der Waals surface area contributed by atoms with Crippen LogP contribution < -0.4 is 5.32 Å². The molecular weight excluding hydrogens is 378 g/mol. The van der Waals surface area contributed by atoms with E-state index in [4.69, 9.17) is 9.47 Å².